The second kappa shape index (κ2) is 12.5. The van der Waals surface area contributed by atoms with Gasteiger partial charge < -0.3 is 9.89 Å². The van der Waals surface area contributed by atoms with E-state index in [1.165, 1.54) is 23.9 Å². The highest BCUT2D eigenvalue weighted by atomic mass is 32.2. The Bertz CT molecular complexity index is 1420. The van der Waals surface area contributed by atoms with E-state index in [1.807, 2.05) is 48.5 Å². The van der Waals surface area contributed by atoms with Crippen molar-refractivity contribution in [3.63, 3.8) is 0 Å². The smallest absolute Gasteiger partial charge is 0.416 e. The summed E-state index contributed by atoms with van der Waals surface area (Å²) in [5, 5.41) is 1.25. The number of ketones is 1. The average Bonchev–Trinajstić information content (AvgIpc) is 3.58. The molecule has 10 heteroatoms. The van der Waals surface area contributed by atoms with Crippen LogP contribution < -0.4 is 0 Å². The zero-order valence-electron chi connectivity index (χ0n) is 20.9. The van der Waals surface area contributed by atoms with Crippen LogP contribution in [0.5, 0.6) is 0 Å². The standard InChI is InChI=1S/C29H26F3NO3S2.H2O/c30-29(31,32)23-11-13-24(14-12-23)37-19-21-6-3-5-20(17-21)10-15-26(34)25-8-4-16-33(25)38(35)28-18-22-7-1-2-9-27(22)36-28;/h1-3,5-7,9,11-14,17-18,25H,4,8,10,15-16,19H2;1H2. The first kappa shape index (κ1) is 29.1. The van der Waals surface area contributed by atoms with Crippen LogP contribution in [0.4, 0.5) is 13.2 Å². The first-order chi connectivity index (χ1) is 18.3. The molecule has 2 unspecified atom stereocenters. The second-order valence-electron chi connectivity index (χ2n) is 9.25. The quantitative estimate of drug-likeness (QED) is 0.210. The molecule has 39 heavy (non-hydrogen) atoms. The van der Waals surface area contributed by atoms with Crippen LogP contribution in [0.1, 0.15) is 36.0 Å². The van der Waals surface area contributed by atoms with Crippen molar-refractivity contribution in [2.45, 2.75) is 53.6 Å². The number of carbonyl (C=O) groups is 1. The van der Waals surface area contributed by atoms with Gasteiger partial charge in [0.25, 0.3) is 0 Å². The van der Waals surface area contributed by atoms with Crippen LogP contribution in [0.25, 0.3) is 11.0 Å². The van der Waals surface area contributed by atoms with Crippen LogP contribution in [-0.2, 0) is 34.1 Å². The first-order valence-corrected chi connectivity index (χ1v) is 14.4. The molecular weight excluding hydrogens is 547 g/mol. The van der Waals surface area contributed by atoms with E-state index < -0.39 is 28.8 Å². The largest absolute Gasteiger partial charge is 0.446 e. The number of fused-ring (bicyclic) bond motifs is 1. The summed E-state index contributed by atoms with van der Waals surface area (Å²) in [6.07, 6.45) is -1.95. The summed E-state index contributed by atoms with van der Waals surface area (Å²) in [5.74, 6) is 0.677. The van der Waals surface area contributed by atoms with Gasteiger partial charge in [-0.15, -0.1) is 11.8 Å². The number of aryl methyl sites for hydroxylation is 1. The van der Waals surface area contributed by atoms with E-state index in [4.69, 9.17) is 4.42 Å². The van der Waals surface area contributed by atoms with Crippen molar-refractivity contribution in [2.24, 2.45) is 0 Å². The molecule has 2 N–H and O–H groups in total. The lowest BCUT2D eigenvalue weighted by atomic mass is 10.0. The van der Waals surface area contributed by atoms with Crippen molar-refractivity contribution in [1.82, 2.24) is 4.31 Å². The molecule has 1 aliphatic heterocycles. The number of thioether (sulfide) groups is 1. The van der Waals surface area contributed by atoms with E-state index >= 15 is 0 Å². The Balaban J connectivity index is 0.00000353. The third kappa shape index (κ3) is 7.00. The summed E-state index contributed by atoms with van der Waals surface area (Å²) >= 11 is 1.47. The average molecular weight is 576 g/mol. The number of rotatable bonds is 9. The summed E-state index contributed by atoms with van der Waals surface area (Å²) in [6, 6.07) is 21.9. The van der Waals surface area contributed by atoms with E-state index in [-0.39, 0.29) is 11.3 Å². The molecule has 2 atom stereocenters. The molecule has 4 aromatic rings. The molecule has 0 amide bonds. The number of alkyl halides is 3. The summed E-state index contributed by atoms with van der Waals surface area (Å²) < 4.78 is 59.1. The maximum Gasteiger partial charge on any atom is 0.416 e. The van der Waals surface area contributed by atoms with Crippen LogP contribution in [0, 0.1) is 0 Å². The fourth-order valence-corrected chi connectivity index (χ4v) is 6.85. The van der Waals surface area contributed by atoms with Gasteiger partial charge in [-0.3, -0.25) is 4.79 Å². The number of Topliss-reactive ketones (excluding diaryl/α,β-unsaturated/α-hetero) is 1. The second-order valence-corrected chi connectivity index (χ2v) is 11.7. The molecular formula is C29H28F3NO4S2. The molecule has 2 heterocycles. The topological polar surface area (TPSA) is 82.0 Å². The van der Waals surface area contributed by atoms with Gasteiger partial charge in [-0.2, -0.15) is 13.2 Å². The van der Waals surface area contributed by atoms with Gasteiger partial charge in [0, 0.05) is 35.1 Å². The summed E-state index contributed by atoms with van der Waals surface area (Å²) in [4.78, 5) is 13.9. The number of hydrogen-bond donors (Lipinski definition) is 0. The van der Waals surface area contributed by atoms with Crippen LogP contribution in [0.2, 0.25) is 0 Å². The minimum absolute atomic E-state index is 0. The molecule has 5 rings (SSSR count). The zero-order valence-corrected chi connectivity index (χ0v) is 22.6. The van der Waals surface area contributed by atoms with Gasteiger partial charge in [0.2, 0.25) is 5.09 Å². The highest BCUT2D eigenvalue weighted by Crippen LogP contribution is 2.32. The lowest BCUT2D eigenvalue weighted by molar-refractivity contribution is -0.137. The van der Waals surface area contributed by atoms with Crippen molar-refractivity contribution in [1.29, 1.82) is 0 Å². The summed E-state index contributed by atoms with van der Waals surface area (Å²) in [7, 11) is -1.54. The Morgan fingerprint density at radius 1 is 1.00 bits per heavy atom. The van der Waals surface area contributed by atoms with E-state index in [9.17, 15) is 22.2 Å². The van der Waals surface area contributed by atoms with Crippen LogP contribution >= 0.6 is 11.8 Å². The Hall–Kier alpha value is -2.92. The predicted octanol–water partition coefficient (Wildman–Crippen LogP) is 6.61. The van der Waals surface area contributed by atoms with Gasteiger partial charge in [0.15, 0.2) is 16.8 Å². The Labute approximate surface area is 231 Å². The molecule has 0 radical (unpaired) electrons. The van der Waals surface area contributed by atoms with E-state index in [1.54, 1.807) is 10.4 Å². The monoisotopic (exact) mass is 575 g/mol. The Morgan fingerprint density at radius 3 is 2.49 bits per heavy atom. The van der Waals surface area contributed by atoms with E-state index in [0.717, 1.165) is 40.0 Å². The minimum Gasteiger partial charge on any atom is -0.446 e. The van der Waals surface area contributed by atoms with Crippen molar-refractivity contribution >= 4 is 39.5 Å². The zero-order chi connectivity index (χ0) is 26.7. The van der Waals surface area contributed by atoms with E-state index in [0.29, 0.717) is 42.2 Å². The van der Waals surface area contributed by atoms with Gasteiger partial charge in [-0.25, -0.2) is 8.51 Å². The maximum atomic E-state index is 13.2. The highest BCUT2D eigenvalue weighted by molar-refractivity contribution is 7.98. The number of furan rings is 1. The van der Waals surface area contributed by atoms with Crippen molar-refractivity contribution in [3.8, 4) is 0 Å². The Morgan fingerprint density at radius 2 is 1.74 bits per heavy atom. The van der Waals surface area contributed by atoms with Crippen molar-refractivity contribution < 1.29 is 32.1 Å². The number of para-hydroxylation sites is 1. The lowest BCUT2D eigenvalue weighted by Crippen LogP contribution is -2.37. The fraction of sp³-hybridized carbons (Fsp3) is 0.276. The van der Waals surface area contributed by atoms with Gasteiger partial charge in [-0.1, -0.05) is 42.5 Å². The number of hydrogen-bond acceptors (Lipinski definition) is 4. The number of benzene rings is 3. The van der Waals surface area contributed by atoms with Gasteiger partial charge in [0.1, 0.15) is 5.58 Å². The van der Waals surface area contributed by atoms with Crippen LogP contribution in [0.3, 0.4) is 0 Å². The molecule has 1 fully saturated rings. The number of halogens is 3. The molecule has 206 valence electrons. The van der Waals surface area contributed by atoms with E-state index in [2.05, 4.69) is 0 Å². The minimum atomic E-state index is -4.34. The van der Waals surface area contributed by atoms with Crippen LogP contribution in [-0.4, -0.2) is 32.4 Å². The van der Waals surface area contributed by atoms with Gasteiger partial charge in [-0.05, 0) is 60.7 Å². The number of nitrogens with zero attached hydrogens (tertiary/aromatic N) is 1. The molecule has 0 spiro atoms. The molecule has 3 aromatic carbocycles. The molecule has 0 bridgehead atoms. The lowest BCUT2D eigenvalue weighted by Gasteiger charge is -2.21. The summed E-state index contributed by atoms with van der Waals surface area (Å²) in [6.45, 7) is 0.580. The van der Waals surface area contributed by atoms with Crippen LogP contribution in [0.15, 0.2) is 93.3 Å². The maximum absolute atomic E-state index is 13.2. The third-order valence-corrected chi connectivity index (χ3v) is 9.09. The normalized spacial score (nSPS) is 16.7. The number of carbonyl (C=O) groups excluding carboxylic acids is 1. The van der Waals surface area contributed by atoms with Crippen molar-refractivity contribution in [3.05, 3.63) is 95.6 Å². The summed E-state index contributed by atoms with van der Waals surface area (Å²) in [5.41, 5.74) is 2.07. The molecule has 0 saturated carbocycles. The predicted molar refractivity (Wildman–Crippen MR) is 147 cm³/mol. The highest BCUT2D eigenvalue weighted by Gasteiger charge is 2.35. The van der Waals surface area contributed by atoms with Gasteiger partial charge in [0.05, 0.1) is 11.6 Å². The van der Waals surface area contributed by atoms with Gasteiger partial charge >= 0.3 is 6.18 Å². The third-order valence-electron chi connectivity index (χ3n) is 6.60. The Kier molecular flexibility index (Phi) is 9.32. The molecule has 0 aliphatic carbocycles. The molecule has 1 aliphatic rings. The first-order valence-electron chi connectivity index (χ1n) is 12.4. The van der Waals surface area contributed by atoms with Crippen molar-refractivity contribution in [2.75, 3.05) is 6.54 Å². The molecule has 1 saturated heterocycles. The molecule has 5 nitrogen and oxygen atoms in total. The molecule has 1 aromatic heterocycles. The SMILES string of the molecule is O.O=C(CCc1cccc(CSc2ccc(C(F)(F)F)cc2)c1)C1CCCN1S(=O)c1cc2ccccc2o1. The fourth-order valence-electron chi connectivity index (χ4n) is 4.64.